The summed E-state index contributed by atoms with van der Waals surface area (Å²) in [5, 5.41) is 10.4. The Bertz CT molecular complexity index is 399. The van der Waals surface area contributed by atoms with Gasteiger partial charge in [-0.25, -0.2) is 0 Å². The number of hydrogen-bond acceptors (Lipinski definition) is 3. The first kappa shape index (κ1) is 9.91. The summed E-state index contributed by atoms with van der Waals surface area (Å²) in [5.74, 6) is -0.587. The third kappa shape index (κ3) is 2.71. The van der Waals surface area contributed by atoms with Crippen molar-refractivity contribution in [3.05, 3.63) is 46.0 Å². The molecule has 0 saturated heterocycles. The van der Waals surface area contributed by atoms with Crippen molar-refractivity contribution in [3.8, 4) is 0 Å². The van der Waals surface area contributed by atoms with Gasteiger partial charge in [-0.1, -0.05) is 12.1 Å². The van der Waals surface area contributed by atoms with Crippen molar-refractivity contribution in [1.82, 2.24) is 0 Å². The van der Waals surface area contributed by atoms with Crippen LogP contribution in [0.2, 0.25) is 0 Å². The predicted molar refractivity (Wildman–Crippen MR) is 51.3 cm³/mol. The molecular weight excluding hydrogens is 184 g/mol. The second-order valence-corrected chi connectivity index (χ2v) is 2.59. The van der Waals surface area contributed by atoms with Crippen LogP contribution in [0, 0.1) is 10.1 Å². The number of amides is 1. The van der Waals surface area contributed by atoms with Gasteiger partial charge in [0.05, 0.1) is 4.92 Å². The second-order valence-electron chi connectivity index (χ2n) is 2.59. The number of carbonyl (C=O) groups is 1. The predicted octanol–water partition coefficient (Wildman–Crippen LogP) is 1.09. The Hall–Kier alpha value is -2.17. The maximum absolute atomic E-state index is 10.4. The minimum absolute atomic E-state index is 0.0170. The molecule has 0 aliphatic heterocycles. The van der Waals surface area contributed by atoms with E-state index in [9.17, 15) is 14.9 Å². The highest BCUT2D eigenvalue weighted by molar-refractivity contribution is 5.90. The highest BCUT2D eigenvalue weighted by Crippen LogP contribution is 2.13. The lowest BCUT2D eigenvalue weighted by Crippen LogP contribution is -2.05. The minimum Gasteiger partial charge on any atom is -0.366 e. The summed E-state index contributed by atoms with van der Waals surface area (Å²) in [6.07, 6.45) is 2.58. The average Bonchev–Trinajstić information content (AvgIpc) is 2.15. The number of non-ortho nitro benzene ring substituents is 1. The minimum atomic E-state index is -0.587. The fraction of sp³-hybridized carbons (Fsp3) is 0. The second kappa shape index (κ2) is 4.18. The van der Waals surface area contributed by atoms with Crippen LogP contribution in [0.5, 0.6) is 0 Å². The fourth-order valence-electron chi connectivity index (χ4n) is 0.920. The fourth-order valence-corrected chi connectivity index (χ4v) is 0.920. The van der Waals surface area contributed by atoms with Crippen LogP contribution in [-0.4, -0.2) is 10.8 Å². The van der Waals surface area contributed by atoms with Crippen molar-refractivity contribution in [3.63, 3.8) is 0 Å². The SMILES string of the molecule is NC(=O)/C=C\c1cccc([N+](=O)[O-])c1. The van der Waals surface area contributed by atoms with Crippen molar-refractivity contribution in [2.45, 2.75) is 0 Å². The van der Waals surface area contributed by atoms with E-state index in [1.54, 1.807) is 12.1 Å². The van der Waals surface area contributed by atoms with Gasteiger partial charge in [0.15, 0.2) is 0 Å². The molecule has 0 heterocycles. The van der Waals surface area contributed by atoms with Crippen LogP contribution in [0.15, 0.2) is 30.3 Å². The first-order valence-corrected chi connectivity index (χ1v) is 3.81. The van der Waals surface area contributed by atoms with Crippen molar-refractivity contribution < 1.29 is 9.72 Å². The number of benzene rings is 1. The summed E-state index contributed by atoms with van der Waals surface area (Å²) in [5.41, 5.74) is 5.43. The van der Waals surface area contributed by atoms with Gasteiger partial charge in [0, 0.05) is 18.2 Å². The van der Waals surface area contributed by atoms with Gasteiger partial charge in [-0.2, -0.15) is 0 Å². The van der Waals surface area contributed by atoms with Crippen LogP contribution in [0.1, 0.15) is 5.56 Å². The third-order valence-electron chi connectivity index (χ3n) is 1.52. The summed E-state index contributed by atoms with van der Waals surface area (Å²) in [6.45, 7) is 0. The Morgan fingerprint density at radius 3 is 2.79 bits per heavy atom. The lowest BCUT2D eigenvalue weighted by Gasteiger charge is -1.93. The van der Waals surface area contributed by atoms with Crippen molar-refractivity contribution in [2.75, 3.05) is 0 Å². The summed E-state index contributed by atoms with van der Waals surface area (Å²) < 4.78 is 0. The highest BCUT2D eigenvalue weighted by Gasteiger charge is 2.03. The zero-order valence-corrected chi connectivity index (χ0v) is 7.21. The van der Waals surface area contributed by atoms with E-state index in [4.69, 9.17) is 5.73 Å². The van der Waals surface area contributed by atoms with E-state index in [0.717, 1.165) is 6.08 Å². The van der Waals surface area contributed by atoms with Crippen LogP contribution in [-0.2, 0) is 4.79 Å². The van der Waals surface area contributed by atoms with Gasteiger partial charge in [-0.05, 0) is 11.6 Å². The molecule has 1 aromatic carbocycles. The summed E-state index contributed by atoms with van der Waals surface area (Å²) in [7, 11) is 0. The zero-order chi connectivity index (χ0) is 10.6. The van der Waals surface area contributed by atoms with E-state index in [0.29, 0.717) is 5.56 Å². The average molecular weight is 192 g/mol. The molecule has 1 amide bonds. The van der Waals surface area contributed by atoms with E-state index >= 15 is 0 Å². The lowest BCUT2D eigenvalue weighted by atomic mass is 10.2. The van der Waals surface area contributed by atoms with Crippen LogP contribution >= 0.6 is 0 Å². The standard InChI is InChI=1S/C9H8N2O3/c10-9(12)5-4-7-2-1-3-8(6-7)11(13)14/h1-6H,(H2,10,12)/b5-4-. The lowest BCUT2D eigenvalue weighted by molar-refractivity contribution is -0.384. The Kier molecular flexibility index (Phi) is 2.96. The third-order valence-corrected chi connectivity index (χ3v) is 1.52. The maximum atomic E-state index is 10.4. The van der Waals surface area contributed by atoms with E-state index in [1.807, 2.05) is 0 Å². The number of carbonyl (C=O) groups excluding carboxylic acids is 1. The molecule has 0 saturated carbocycles. The highest BCUT2D eigenvalue weighted by atomic mass is 16.6. The molecule has 0 fully saturated rings. The van der Waals surface area contributed by atoms with Crippen molar-refractivity contribution in [1.29, 1.82) is 0 Å². The van der Waals surface area contributed by atoms with Crippen LogP contribution in [0.25, 0.3) is 6.08 Å². The topological polar surface area (TPSA) is 86.2 Å². The van der Waals surface area contributed by atoms with Crippen LogP contribution in [0.3, 0.4) is 0 Å². The van der Waals surface area contributed by atoms with E-state index in [1.165, 1.54) is 18.2 Å². The number of nitrogens with two attached hydrogens (primary N) is 1. The first-order valence-electron chi connectivity index (χ1n) is 3.81. The maximum Gasteiger partial charge on any atom is 0.270 e. The number of nitro groups is 1. The first-order chi connectivity index (χ1) is 6.59. The molecule has 14 heavy (non-hydrogen) atoms. The van der Waals surface area contributed by atoms with E-state index < -0.39 is 10.8 Å². The van der Waals surface area contributed by atoms with Gasteiger partial charge in [0.25, 0.3) is 5.69 Å². The largest absolute Gasteiger partial charge is 0.366 e. The monoisotopic (exact) mass is 192 g/mol. The molecule has 5 heteroatoms. The van der Waals surface area contributed by atoms with Crippen molar-refractivity contribution >= 4 is 17.7 Å². The molecule has 5 nitrogen and oxygen atoms in total. The van der Waals surface area contributed by atoms with Crippen molar-refractivity contribution in [2.24, 2.45) is 5.73 Å². The molecule has 0 aliphatic carbocycles. The normalized spacial score (nSPS) is 10.3. The van der Waals surface area contributed by atoms with Gasteiger partial charge in [-0.3, -0.25) is 14.9 Å². The van der Waals surface area contributed by atoms with Crippen LogP contribution in [0.4, 0.5) is 5.69 Å². The Labute approximate surface area is 80.0 Å². The molecule has 0 radical (unpaired) electrons. The Balaban J connectivity index is 2.94. The molecular formula is C9H8N2O3. The molecule has 2 N–H and O–H groups in total. The smallest absolute Gasteiger partial charge is 0.270 e. The summed E-state index contributed by atoms with van der Waals surface area (Å²) in [6, 6.07) is 5.92. The zero-order valence-electron chi connectivity index (χ0n) is 7.21. The molecule has 0 aliphatic rings. The van der Waals surface area contributed by atoms with Crippen LogP contribution < -0.4 is 5.73 Å². The number of nitrogens with zero attached hydrogens (tertiary/aromatic N) is 1. The molecule has 0 aromatic heterocycles. The molecule has 0 bridgehead atoms. The molecule has 0 atom stereocenters. The van der Waals surface area contributed by atoms with Gasteiger partial charge < -0.3 is 5.73 Å². The molecule has 1 aromatic rings. The molecule has 0 unspecified atom stereocenters. The van der Waals surface area contributed by atoms with E-state index in [-0.39, 0.29) is 5.69 Å². The number of nitro benzene ring substituents is 1. The number of primary amides is 1. The van der Waals surface area contributed by atoms with Gasteiger partial charge in [0.1, 0.15) is 0 Å². The van der Waals surface area contributed by atoms with Gasteiger partial charge in [0.2, 0.25) is 5.91 Å². The Morgan fingerprint density at radius 1 is 1.50 bits per heavy atom. The molecule has 0 spiro atoms. The molecule has 72 valence electrons. The number of hydrogen-bond donors (Lipinski definition) is 1. The van der Waals surface area contributed by atoms with Gasteiger partial charge in [-0.15, -0.1) is 0 Å². The van der Waals surface area contributed by atoms with Gasteiger partial charge >= 0.3 is 0 Å². The summed E-state index contributed by atoms with van der Waals surface area (Å²) in [4.78, 5) is 20.3. The Morgan fingerprint density at radius 2 is 2.21 bits per heavy atom. The molecule has 1 rings (SSSR count). The number of rotatable bonds is 3. The summed E-state index contributed by atoms with van der Waals surface area (Å²) >= 11 is 0. The quantitative estimate of drug-likeness (QED) is 0.441. The van der Waals surface area contributed by atoms with E-state index in [2.05, 4.69) is 0 Å².